The van der Waals surface area contributed by atoms with Crippen LogP contribution in [0.1, 0.15) is 34.6 Å². The Bertz CT molecular complexity index is 1000. The third kappa shape index (κ3) is 3.49. The van der Waals surface area contributed by atoms with E-state index in [0.717, 1.165) is 11.1 Å². The van der Waals surface area contributed by atoms with Gasteiger partial charge in [-0.3, -0.25) is 4.79 Å². The molecule has 2 aromatic heterocycles. The van der Waals surface area contributed by atoms with Gasteiger partial charge < -0.3 is 9.72 Å². The summed E-state index contributed by atoms with van der Waals surface area (Å²) in [6, 6.07) is 7.76. The molecule has 0 saturated heterocycles. The van der Waals surface area contributed by atoms with Gasteiger partial charge in [0.1, 0.15) is 15.5 Å². The van der Waals surface area contributed by atoms with E-state index in [0.29, 0.717) is 33.1 Å². The number of H-pyrrole nitrogens is 1. The number of aromatic nitrogens is 2. The molecule has 25 heavy (non-hydrogen) atoms. The fraction of sp³-hybridized carbons (Fsp3) is 0.316. The van der Waals surface area contributed by atoms with Crippen molar-refractivity contribution in [2.24, 2.45) is 5.92 Å². The normalized spacial score (nSPS) is 11.2. The summed E-state index contributed by atoms with van der Waals surface area (Å²) in [5.41, 5.74) is 2.31. The number of aryl methyl sites for hydroxylation is 2. The van der Waals surface area contributed by atoms with E-state index >= 15 is 0 Å². The van der Waals surface area contributed by atoms with Gasteiger partial charge in [0, 0.05) is 5.56 Å². The van der Waals surface area contributed by atoms with Crippen LogP contribution in [0, 0.1) is 19.8 Å². The zero-order valence-corrected chi connectivity index (χ0v) is 15.5. The average molecular weight is 356 g/mol. The molecule has 1 N–H and O–H groups in total. The Labute approximate surface area is 149 Å². The average Bonchev–Trinajstić information content (AvgIpc) is 2.90. The summed E-state index contributed by atoms with van der Waals surface area (Å²) in [6.45, 7) is 8.05. The molecule has 0 saturated carbocycles. The van der Waals surface area contributed by atoms with Crippen molar-refractivity contribution in [1.29, 1.82) is 0 Å². The van der Waals surface area contributed by atoms with Crippen LogP contribution < -0.4 is 5.56 Å². The Hall–Kier alpha value is -2.47. The highest BCUT2D eigenvalue weighted by Gasteiger charge is 2.21. The molecule has 0 atom stereocenters. The molecule has 0 aliphatic heterocycles. The molecule has 2 heterocycles. The number of fused-ring (bicyclic) bond motifs is 1. The van der Waals surface area contributed by atoms with Gasteiger partial charge >= 0.3 is 5.97 Å². The summed E-state index contributed by atoms with van der Waals surface area (Å²) < 4.78 is 5.30. The van der Waals surface area contributed by atoms with E-state index in [1.165, 1.54) is 11.3 Å². The first-order valence-corrected chi connectivity index (χ1v) is 8.96. The van der Waals surface area contributed by atoms with Gasteiger partial charge in [0.25, 0.3) is 5.56 Å². The third-order valence-corrected chi connectivity index (χ3v) is 4.99. The Morgan fingerprint density at radius 1 is 1.32 bits per heavy atom. The summed E-state index contributed by atoms with van der Waals surface area (Å²) >= 11 is 1.21. The molecule has 3 rings (SSSR count). The van der Waals surface area contributed by atoms with Crippen molar-refractivity contribution in [3.63, 3.8) is 0 Å². The molecule has 6 heteroatoms. The fourth-order valence-electron chi connectivity index (χ4n) is 2.58. The highest BCUT2D eigenvalue weighted by atomic mass is 32.1. The Morgan fingerprint density at radius 2 is 2.08 bits per heavy atom. The van der Waals surface area contributed by atoms with Crippen LogP contribution in [0.15, 0.2) is 29.1 Å². The molecule has 0 spiro atoms. The van der Waals surface area contributed by atoms with Gasteiger partial charge in [0.15, 0.2) is 0 Å². The minimum Gasteiger partial charge on any atom is -0.461 e. The maximum absolute atomic E-state index is 12.5. The number of hydrogen-bond acceptors (Lipinski definition) is 5. The minimum absolute atomic E-state index is 0.238. The van der Waals surface area contributed by atoms with E-state index in [1.807, 2.05) is 45.0 Å². The number of rotatable bonds is 4. The standard InChI is InChI=1S/C19H20N2O3S/c1-10(2)9-24-19(23)15-12(4)14-17(22)20-16(21-18(14)25-15)13-7-5-6-11(3)8-13/h5-8,10H,9H2,1-4H3,(H,20,21,22). The van der Waals surface area contributed by atoms with Gasteiger partial charge in [0.2, 0.25) is 0 Å². The van der Waals surface area contributed by atoms with E-state index in [-0.39, 0.29) is 11.5 Å². The van der Waals surface area contributed by atoms with Gasteiger partial charge in [-0.2, -0.15) is 0 Å². The van der Waals surface area contributed by atoms with Crippen LogP contribution in [0.25, 0.3) is 21.6 Å². The third-order valence-electron chi connectivity index (χ3n) is 3.83. The van der Waals surface area contributed by atoms with Gasteiger partial charge in [-0.1, -0.05) is 37.6 Å². The quantitative estimate of drug-likeness (QED) is 0.715. The van der Waals surface area contributed by atoms with E-state index < -0.39 is 5.97 Å². The molecule has 3 aromatic rings. The van der Waals surface area contributed by atoms with E-state index in [1.54, 1.807) is 6.92 Å². The largest absolute Gasteiger partial charge is 0.461 e. The molecule has 0 unspecified atom stereocenters. The Kier molecular flexibility index (Phi) is 4.72. The van der Waals surface area contributed by atoms with Crippen molar-refractivity contribution in [2.45, 2.75) is 27.7 Å². The number of ether oxygens (including phenoxy) is 1. The zero-order chi connectivity index (χ0) is 18.1. The monoisotopic (exact) mass is 356 g/mol. The highest BCUT2D eigenvalue weighted by Crippen LogP contribution is 2.29. The molecule has 130 valence electrons. The first-order chi connectivity index (χ1) is 11.9. The molecule has 0 fully saturated rings. The summed E-state index contributed by atoms with van der Waals surface area (Å²) in [6.07, 6.45) is 0. The van der Waals surface area contributed by atoms with E-state index in [2.05, 4.69) is 9.97 Å². The van der Waals surface area contributed by atoms with Gasteiger partial charge in [0.05, 0.1) is 12.0 Å². The van der Waals surface area contributed by atoms with Gasteiger partial charge in [-0.05, 0) is 31.4 Å². The number of aromatic amines is 1. The van der Waals surface area contributed by atoms with Crippen molar-refractivity contribution in [2.75, 3.05) is 6.61 Å². The molecule has 0 amide bonds. The number of nitrogens with zero attached hydrogens (tertiary/aromatic N) is 1. The maximum atomic E-state index is 12.5. The highest BCUT2D eigenvalue weighted by molar-refractivity contribution is 7.20. The van der Waals surface area contributed by atoms with E-state index in [9.17, 15) is 9.59 Å². The molecule has 0 radical (unpaired) electrons. The topological polar surface area (TPSA) is 72.0 Å². The number of carbonyl (C=O) groups is 1. The Morgan fingerprint density at radius 3 is 2.76 bits per heavy atom. The number of nitrogens with one attached hydrogen (secondary N) is 1. The smallest absolute Gasteiger partial charge is 0.348 e. The van der Waals surface area contributed by atoms with E-state index in [4.69, 9.17) is 4.74 Å². The van der Waals surface area contributed by atoms with Crippen LogP contribution in [0.4, 0.5) is 0 Å². The second kappa shape index (κ2) is 6.80. The number of benzene rings is 1. The van der Waals surface area contributed by atoms with Crippen molar-refractivity contribution in [1.82, 2.24) is 9.97 Å². The SMILES string of the molecule is Cc1cccc(-c2nc3sc(C(=O)OCC(C)C)c(C)c3c(=O)[nH]2)c1. The summed E-state index contributed by atoms with van der Waals surface area (Å²) in [7, 11) is 0. The van der Waals surface area contributed by atoms with Crippen LogP contribution in [-0.2, 0) is 4.74 Å². The van der Waals surface area contributed by atoms with Gasteiger partial charge in [-0.15, -0.1) is 11.3 Å². The van der Waals surface area contributed by atoms with Crippen LogP contribution in [0.3, 0.4) is 0 Å². The van der Waals surface area contributed by atoms with Crippen molar-refractivity contribution in [3.8, 4) is 11.4 Å². The lowest BCUT2D eigenvalue weighted by Crippen LogP contribution is -2.11. The summed E-state index contributed by atoms with van der Waals surface area (Å²) in [5.74, 6) is 0.364. The minimum atomic E-state index is -0.397. The lowest BCUT2D eigenvalue weighted by Gasteiger charge is -2.05. The predicted octanol–water partition coefficient (Wildman–Crippen LogP) is 4.08. The summed E-state index contributed by atoms with van der Waals surface area (Å²) in [4.78, 5) is 33.2. The summed E-state index contributed by atoms with van der Waals surface area (Å²) in [5, 5.41) is 0.456. The van der Waals surface area contributed by atoms with Crippen molar-refractivity contribution in [3.05, 3.63) is 50.6 Å². The molecule has 0 aliphatic rings. The van der Waals surface area contributed by atoms with Gasteiger partial charge in [-0.25, -0.2) is 9.78 Å². The lowest BCUT2D eigenvalue weighted by molar-refractivity contribution is 0.0464. The fourth-order valence-corrected chi connectivity index (χ4v) is 3.65. The zero-order valence-electron chi connectivity index (χ0n) is 14.7. The van der Waals surface area contributed by atoms with Crippen molar-refractivity contribution >= 4 is 27.5 Å². The number of thiophene rings is 1. The molecule has 0 bridgehead atoms. The van der Waals surface area contributed by atoms with Crippen LogP contribution in [0.2, 0.25) is 0 Å². The first-order valence-electron chi connectivity index (χ1n) is 8.14. The second-order valence-corrected chi connectivity index (χ2v) is 7.51. The van der Waals surface area contributed by atoms with Crippen LogP contribution in [0.5, 0.6) is 0 Å². The molecular weight excluding hydrogens is 336 g/mol. The van der Waals surface area contributed by atoms with Crippen LogP contribution in [-0.4, -0.2) is 22.5 Å². The predicted molar refractivity (Wildman–Crippen MR) is 100 cm³/mol. The molecule has 0 aliphatic carbocycles. The van der Waals surface area contributed by atoms with Crippen molar-refractivity contribution < 1.29 is 9.53 Å². The number of esters is 1. The second-order valence-electron chi connectivity index (χ2n) is 6.51. The molecule has 5 nitrogen and oxygen atoms in total. The lowest BCUT2D eigenvalue weighted by atomic mass is 10.1. The molecule has 1 aromatic carbocycles. The number of hydrogen-bond donors (Lipinski definition) is 1. The Balaban J connectivity index is 2.07. The number of carbonyl (C=O) groups excluding carboxylic acids is 1. The molecular formula is C19H20N2O3S. The first kappa shape index (κ1) is 17.4. The maximum Gasteiger partial charge on any atom is 0.348 e. The van der Waals surface area contributed by atoms with Crippen LogP contribution >= 0.6 is 11.3 Å².